The number of nitro groups is 1. The Bertz CT molecular complexity index is 452. The number of nitrogens with zero attached hydrogens (tertiary/aromatic N) is 1. The van der Waals surface area contributed by atoms with E-state index in [1.165, 1.54) is 12.1 Å². The van der Waals surface area contributed by atoms with E-state index in [4.69, 9.17) is 0 Å². The van der Waals surface area contributed by atoms with Crippen LogP contribution in [-0.2, 0) is 10.2 Å². The first-order chi connectivity index (χ1) is 8.04. The Morgan fingerprint density at radius 2 is 1.88 bits per heavy atom. The lowest BCUT2D eigenvalue weighted by atomic mass is 9.70. The van der Waals surface area contributed by atoms with Crippen molar-refractivity contribution >= 4 is 11.5 Å². The van der Waals surface area contributed by atoms with Crippen molar-refractivity contribution in [1.82, 2.24) is 0 Å². The maximum absolute atomic E-state index is 12.0. The fourth-order valence-electron chi connectivity index (χ4n) is 2.44. The Balaban J connectivity index is 2.32. The molecule has 1 aliphatic rings. The first kappa shape index (κ1) is 11.8. The van der Waals surface area contributed by atoms with E-state index >= 15 is 0 Å². The number of Topliss-reactive ketones (excluding diaryl/α,β-unsaturated/α-hetero) is 1. The summed E-state index contributed by atoms with van der Waals surface area (Å²) >= 11 is 0. The van der Waals surface area contributed by atoms with Gasteiger partial charge in [0.15, 0.2) is 0 Å². The highest BCUT2D eigenvalue weighted by atomic mass is 16.6. The number of nitro benzene ring substituents is 1. The fourth-order valence-corrected chi connectivity index (χ4v) is 2.44. The van der Waals surface area contributed by atoms with Crippen LogP contribution in [0.4, 0.5) is 5.69 Å². The van der Waals surface area contributed by atoms with Crippen LogP contribution in [0.2, 0.25) is 0 Å². The van der Waals surface area contributed by atoms with Crippen molar-refractivity contribution in [3.05, 3.63) is 39.9 Å². The quantitative estimate of drug-likeness (QED) is 0.582. The zero-order valence-electron chi connectivity index (χ0n) is 9.81. The maximum atomic E-state index is 12.0. The summed E-state index contributed by atoms with van der Waals surface area (Å²) in [6, 6.07) is 6.37. The third-order valence-electron chi connectivity index (χ3n) is 3.66. The third kappa shape index (κ3) is 2.07. The van der Waals surface area contributed by atoms with Gasteiger partial charge in [0.25, 0.3) is 5.69 Å². The molecule has 1 atom stereocenters. The largest absolute Gasteiger partial charge is 0.299 e. The first-order valence-electron chi connectivity index (χ1n) is 5.82. The Kier molecular flexibility index (Phi) is 2.96. The van der Waals surface area contributed by atoms with Crippen molar-refractivity contribution in [3.8, 4) is 0 Å². The van der Waals surface area contributed by atoms with Crippen LogP contribution in [0.3, 0.4) is 0 Å². The molecule has 0 N–H and O–H groups in total. The lowest BCUT2D eigenvalue weighted by molar-refractivity contribution is -0.384. The Hall–Kier alpha value is -1.71. The van der Waals surface area contributed by atoms with Gasteiger partial charge in [0.1, 0.15) is 5.78 Å². The molecule has 0 bridgehead atoms. The molecule has 1 unspecified atom stereocenters. The fraction of sp³-hybridized carbons (Fsp3) is 0.462. The molecule has 1 saturated carbocycles. The minimum atomic E-state index is -0.451. The van der Waals surface area contributed by atoms with Crippen molar-refractivity contribution in [2.45, 2.75) is 38.0 Å². The number of carbonyl (C=O) groups is 1. The van der Waals surface area contributed by atoms with Gasteiger partial charge in [-0.25, -0.2) is 0 Å². The minimum absolute atomic E-state index is 0.0700. The predicted octanol–water partition coefficient (Wildman–Crippen LogP) is 3.00. The van der Waals surface area contributed by atoms with Gasteiger partial charge in [-0.15, -0.1) is 0 Å². The summed E-state index contributed by atoms with van der Waals surface area (Å²) in [7, 11) is 0. The highest BCUT2D eigenvalue weighted by molar-refractivity contribution is 5.90. The van der Waals surface area contributed by atoms with Crippen molar-refractivity contribution in [3.63, 3.8) is 0 Å². The van der Waals surface area contributed by atoms with E-state index in [0.29, 0.717) is 6.42 Å². The van der Waals surface area contributed by atoms with Crippen LogP contribution in [0.15, 0.2) is 24.3 Å². The molecule has 0 heterocycles. The second kappa shape index (κ2) is 4.28. The van der Waals surface area contributed by atoms with Crippen molar-refractivity contribution in [2.24, 2.45) is 0 Å². The minimum Gasteiger partial charge on any atom is -0.299 e. The number of benzene rings is 1. The summed E-state index contributed by atoms with van der Waals surface area (Å²) in [5.74, 6) is 0.248. The van der Waals surface area contributed by atoms with E-state index in [1.54, 1.807) is 12.1 Å². The molecule has 17 heavy (non-hydrogen) atoms. The number of ketones is 1. The van der Waals surface area contributed by atoms with Gasteiger partial charge in [0, 0.05) is 18.6 Å². The SMILES string of the molecule is CC1(c2ccc([N+](=O)[O-])cc2)CCCCC1=O. The van der Waals surface area contributed by atoms with E-state index in [0.717, 1.165) is 24.8 Å². The van der Waals surface area contributed by atoms with Crippen molar-refractivity contribution < 1.29 is 9.72 Å². The van der Waals surface area contributed by atoms with E-state index in [-0.39, 0.29) is 11.5 Å². The molecule has 0 saturated heterocycles. The van der Waals surface area contributed by atoms with Gasteiger partial charge < -0.3 is 0 Å². The molecule has 0 spiro atoms. The Morgan fingerprint density at radius 3 is 2.41 bits per heavy atom. The number of rotatable bonds is 2. The van der Waals surface area contributed by atoms with Gasteiger partial charge in [-0.2, -0.15) is 0 Å². The molecule has 1 aromatic rings. The summed E-state index contributed by atoms with van der Waals surface area (Å²) in [6.45, 7) is 1.94. The number of carbonyl (C=O) groups excluding carboxylic acids is 1. The summed E-state index contributed by atoms with van der Waals surface area (Å²) in [4.78, 5) is 22.2. The topological polar surface area (TPSA) is 60.2 Å². The second-order valence-electron chi connectivity index (χ2n) is 4.77. The van der Waals surface area contributed by atoms with Crippen LogP contribution in [-0.4, -0.2) is 10.7 Å². The number of non-ortho nitro benzene ring substituents is 1. The van der Waals surface area contributed by atoms with E-state index < -0.39 is 10.3 Å². The molecule has 90 valence electrons. The van der Waals surface area contributed by atoms with Crippen LogP contribution in [0.25, 0.3) is 0 Å². The molecule has 1 aliphatic carbocycles. The molecular weight excluding hydrogens is 218 g/mol. The van der Waals surface area contributed by atoms with Crippen molar-refractivity contribution in [2.75, 3.05) is 0 Å². The van der Waals surface area contributed by atoms with Crippen molar-refractivity contribution in [1.29, 1.82) is 0 Å². The zero-order chi connectivity index (χ0) is 12.5. The Morgan fingerprint density at radius 1 is 1.24 bits per heavy atom. The molecule has 4 heteroatoms. The van der Waals surface area contributed by atoms with Crippen LogP contribution < -0.4 is 0 Å². The Labute approximate surface area is 99.8 Å². The average Bonchev–Trinajstić information content (AvgIpc) is 2.33. The van der Waals surface area contributed by atoms with Crippen LogP contribution in [0.5, 0.6) is 0 Å². The summed E-state index contributed by atoms with van der Waals surface area (Å²) < 4.78 is 0. The van der Waals surface area contributed by atoms with Crippen LogP contribution >= 0.6 is 0 Å². The molecule has 2 rings (SSSR count). The summed E-state index contributed by atoms with van der Waals surface area (Å²) in [5.41, 5.74) is 0.515. The van der Waals surface area contributed by atoms with Gasteiger partial charge in [-0.05, 0) is 25.3 Å². The molecule has 0 radical (unpaired) electrons. The van der Waals surface area contributed by atoms with Gasteiger partial charge in [0.05, 0.1) is 10.3 Å². The smallest absolute Gasteiger partial charge is 0.269 e. The van der Waals surface area contributed by atoms with E-state index in [9.17, 15) is 14.9 Å². The molecule has 4 nitrogen and oxygen atoms in total. The summed E-state index contributed by atoms with van der Waals surface area (Å²) in [5, 5.41) is 10.6. The second-order valence-corrected chi connectivity index (χ2v) is 4.77. The highest BCUT2D eigenvalue weighted by Crippen LogP contribution is 2.36. The molecule has 0 aromatic heterocycles. The molecule has 0 amide bonds. The predicted molar refractivity (Wildman–Crippen MR) is 63.9 cm³/mol. The van der Waals surface area contributed by atoms with Crippen LogP contribution in [0.1, 0.15) is 38.2 Å². The summed E-state index contributed by atoms with van der Waals surface area (Å²) in [6.07, 6.45) is 3.46. The molecule has 1 aromatic carbocycles. The van der Waals surface area contributed by atoms with Gasteiger partial charge in [-0.1, -0.05) is 18.6 Å². The van der Waals surface area contributed by atoms with Gasteiger partial charge >= 0.3 is 0 Å². The normalized spacial score (nSPS) is 24.6. The van der Waals surface area contributed by atoms with E-state index in [2.05, 4.69) is 0 Å². The molecular formula is C13H15NO3. The number of hydrogen-bond donors (Lipinski definition) is 0. The maximum Gasteiger partial charge on any atom is 0.269 e. The first-order valence-corrected chi connectivity index (χ1v) is 5.82. The van der Waals surface area contributed by atoms with Gasteiger partial charge in [0.2, 0.25) is 0 Å². The number of hydrogen-bond acceptors (Lipinski definition) is 3. The third-order valence-corrected chi connectivity index (χ3v) is 3.66. The zero-order valence-corrected chi connectivity index (χ0v) is 9.81. The average molecular weight is 233 g/mol. The molecule has 0 aliphatic heterocycles. The lowest BCUT2D eigenvalue weighted by Gasteiger charge is -2.32. The van der Waals surface area contributed by atoms with Crippen LogP contribution in [0, 0.1) is 10.1 Å². The lowest BCUT2D eigenvalue weighted by Crippen LogP contribution is -2.35. The standard InChI is InChI=1S/C13H15NO3/c1-13(9-3-2-4-12(13)15)10-5-7-11(8-6-10)14(16)17/h5-8H,2-4,9H2,1H3. The molecule has 1 fully saturated rings. The van der Waals surface area contributed by atoms with E-state index in [1.807, 2.05) is 6.92 Å². The monoisotopic (exact) mass is 233 g/mol. The highest BCUT2D eigenvalue weighted by Gasteiger charge is 2.36. The van der Waals surface area contributed by atoms with Gasteiger partial charge in [-0.3, -0.25) is 14.9 Å².